The molecule has 0 amide bonds. The van der Waals surface area contributed by atoms with Gasteiger partial charge in [0.15, 0.2) is 18.2 Å². The first kappa shape index (κ1) is 23.7. The van der Waals surface area contributed by atoms with Crippen LogP contribution >= 0.6 is 0 Å². The van der Waals surface area contributed by atoms with Crippen LogP contribution in [0.1, 0.15) is 46.3 Å². The van der Waals surface area contributed by atoms with Gasteiger partial charge in [-0.2, -0.15) is 0 Å². The minimum atomic E-state index is -1.57. The van der Waals surface area contributed by atoms with Crippen LogP contribution in [0, 0.1) is 15.5 Å². The number of benzene rings is 1. The second-order valence-corrected chi connectivity index (χ2v) is 8.23. The summed E-state index contributed by atoms with van der Waals surface area (Å²) in [4.78, 5) is 35.7. The van der Waals surface area contributed by atoms with Gasteiger partial charge >= 0.3 is 5.97 Å². The van der Waals surface area contributed by atoms with E-state index in [1.807, 2.05) is 0 Å². The number of nitrogens with zero attached hydrogens (tertiary/aromatic N) is 1. The molecule has 30 heavy (non-hydrogen) atoms. The molecule has 1 aromatic carbocycles. The molecule has 1 heterocycles. The van der Waals surface area contributed by atoms with Gasteiger partial charge in [0.2, 0.25) is 0 Å². The van der Waals surface area contributed by atoms with Crippen molar-refractivity contribution in [3.63, 3.8) is 0 Å². The highest BCUT2D eigenvalue weighted by molar-refractivity contribution is 6.01. The molecule has 2 rings (SSSR count). The van der Waals surface area contributed by atoms with Crippen molar-refractivity contribution in [3.8, 4) is 0 Å². The lowest BCUT2D eigenvalue weighted by molar-refractivity contribution is -0.386. The molecule has 1 aliphatic heterocycles. The molecule has 0 bridgehead atoms. The van der Waals surface area contributed by atoms with E-state index in [0.29, 0.717) is 0 Å². The zero-order valence-corrected chi connectivity index (χ0v) is 17.7. The fourth-order valence-corrected chi connectivity index (χ4v) is 2.78. The fourth-order valence-electron chi connectivity index (χ4n) is 2.78. The van der Waals surface area contributed by atoms with Crippen LogP contribution in [0.3, 0.4) is 0 Å². The van der Waals surface area contributed by atoms with Crippen LogP contribution in [0.4, 0.5) is 5.69 Å². The fraction of sp³-hybridized carbons (Fsp3) is 0.524. The number of Topliss-reactive ketones (excluding diaryl/α,β-unsaturated/α-hetero) is 1. The molecule has 0 radical (unpaired) electrons. The molecule has 3 atom stereocenters. The molecule has 164 valence electrons. The third-order valence-electron chi connectivity index (χ3n) is 4.30. The average molecular weight is 421 g/mol. The number of rotatable bonds is 7. The van der Waals surface area contributed by atoms with E-state index in [1.54, 1.807) is 34.6 Å². The topological polar surface area (TPSA) is 125 Å². The van der Waals surface area contributed by atoms with Crippen LogP contribution in [0.2, 0.25) is 0 Å². The van der Waals surface area contributed by atoms with Gasteiger partial charge in [-0.05, 0) is 46.8 Å². The van der Waals surface area contributed by atoms with E-state index in [-0.39, 0.29) is 29.5 Å². The maximum absolute atomic E-state index is 12.9. The Kier molecular flexibility index (Phi) is 7.46. The molecule has 0 saturated heterocycles. The van der Waals surface area contributed by atoms with E-state index < -0.39 is 40.6 Å². The highest BCUT2D eigenvalue weighted by atomic mass is 16.7. The van der Waals surface area contributed by atoms with E-state index in [4.69, 9.17) is 14.2 Å². The van der Waals surface area contributed by atoms with Crippen LogP contribution in [-0.2, 0) is 23.8 Å². The van der Waals surface area contributed by atoms with Gasteiger partial charge < -0.3 is 19.3 Å². The van der Waals surface area contributed by atoms with Gasteiger partial charge in [-0.1, -0.05) is 12.1 Å². The predicted octanol–water partition coefficient (Wildman–Crippen LogP) is 2.86. The molecule has 0 saturated carbocycles. The summed E-state index contributed by atoms with van der Waals surface area (Å²) in [5, 5.41) is 22.1. The SMILES string of the molecule is CC(C)O[C@@H]1C=C([C@H](O)c2ccccc2[N+](=O)[O-])C(=O)[C@@H](COC(=O)C(C)(C)C)O1. The monoisotopic (exact) mass is 421 g/mol. The van der Waals surface area contributed by atoms with Gasteiger partial charge in [-0.15, -0.1) is 0 Å². The number of para-hydroxylation sites is 1. The number of hydrogen-bond acceptors (Lipinski definition) is 8. The summed E-state index contributed by atoms with van der Waals surface area (Å²) in [6.07, 6.45) is -2.74. The van der Waals surface area contributed by atoms with Crippen molar-refractivity contribution in [2.24, 2.45) is 5.41 Å². The maximum Gasteiger partial charge on any atom is 0.311 e. The number of esters is 1. The first-order chi connectivity index (χ1) is 13.9. The van der Waals surface area contributed by atoms with Crippen molar-refractivity contribution in [2.75, 3.05) is 6.61 Å². The van der Waals surface area contributed by atoms with Crippen LogP contribution in [-0.4, -0.2) is 46.9 Å². The number of aliphatic hydroxyl groups excluding tert-OH is 1. The maximum atomic E-state index is 12.9. The number of aliphatic hydroxyl groups is 1. The Morgan fingerprint density at radius 1 is 1.30 bits per heavy atom. The van der Waals surface area contributed by atoms with Crippen molar-refractivity contribution >= 4 is 17.4 Å². The van der Waals surface area contributed by atoms with E-state index in [9.17, 15) is 24.8 Å². The molecule has 1 aliphatic rings. The summed E-state index contributed by atoms with van der Waals surface area (Å²) in [5.74, 6) is -1.15. The van der Waals surface area contributed by atoms with Crippen molar-refractivity contribution in [1.29, 1.82) is 0 Å². The molecule has 9 nitrogen and oxygen atoms in total. The Morgan fingerprint density at radius 3 is 2.50 bits per heavy atom. The molecule has 9 heteroatoms. The number of carbonyl (C=O) groups is 2. The van der Waals surface area contributed by atoms with Crippen molar-refractivity contribution < 1.29 is 33.8 Å². The highest BCUT2D eigenvalue weighted by Crippen LogP contribution is 2.33. The summed E-state index contributed by atoms with van der Waals surface area (Å²) in [7, 11) is 0. The Hall–Kier alpha value is -2.62. The van der Waals surface area contributed by atoms with Crippen LogP contribution in [0.15, 0.2) is 35.9 Å². The average Bonchev–Trinajstić information content (AvgIpc) is 2.66. The van der Waals surface area contributed by atoms with Crippen LogP contribution in [0.25, 0.3) is 0 Å². The van der Waals surface area contributed by atoms with Crippen LogP contribution < -0.4 is 0 Å². The zero-order chi connectivity index (χ0) is 22.6. The molecular weight excluding hydrogens is 394 g/mol. The summed E-state index contributed by atoms with van der Waals surface area (Å²) >= 11 is 0. The summed E-state index contributed by atoms with van der Waals surface area (Å²) in [6, 6.07) is 5.61. The van der Waals surface area contributed by atoms with Crippen LogP contribution in [0.5, 0.6) is 0 Å². The zero-order valence-electron chi connectivity index (χ0n) is 17.7. The first-order valence-electron chi connectivity index (χ1n) is 9.57. The van der Waals surface area contributed by atoms with E-state index in [2.05, 4.69) is 0 Å². The molecule has 1 N–H and O–H groups in total. The van der Waals surface area contributed by atoms with Crippen molar-refractivity contribution in [3.05, 3.63) is 51.6 Å². The number of hydrogen-bond donors (Lipinski definition) is 1. The van der Waals surface area contributed by atoms with Gasteiger partial charge in [0, 0.05) is 11.6 Å². The van der Waals surface area contributed by atoms with Gasteiger partial charge in [-0.3, -0.25) is 19.7 Å². The van der Waals surface area contributed by atoms with Gasteiger partial charge in [-0.25, -0.2) is 0 Å². The lowest BCUT2D eigenvalue weighted by atomic mass is 9.92. The Balaban J connectivity index is 2.34. The third kappa shape index (κ3) is 5.71. The minimum Gasteiger partial charge on any atom is -0.462 e. The summed E-state index contributed by atoms with van der Waals surface area (Å²) < 4.78 is 16.4. The molecule has 0 aromatic heterocycles. The van der Waals surface area contributed by atoms with Gasteiger partial charge in [0.05, 0.1) is 22.0 Å². The molecular formula is C21H27NO8. The second-order valence-electron chi connectivity index (χ2n) is 8.23. The van der Waals surface area contributed by atoms with E-state index in [0.717, 1.165) is 0 Å². The number of ether oxygens (including phenoxy) is 3. The highest BCUT2D eigenvalue weighted by Gasteiger charge is 2.38. The molecule has 0 spiro atoms. The van der Waals surface area contributed by atoms with E-state index in [1.165, 1.54) is 30.3 Å². The largest absolute Gasteiger partial charge is 0.462 e. The molecule has 0 fully saturated rings. The van der Waals surface area contributed by atoms with Crippen molar-refractivity contribution in [2.45, 2.75) is 59.2 Å². The molecule has 0 unspecified atom stereocenters. The third-order valence-corrected chi connectivity index (χ3v) is 4.30. The number of nitro groups is 1. The summed E-state index contributed by atoms with van der Waals surface area (Å²) in [5.41, 5.74) is -1.23. The lowest BCUT2D eigenvalue weighted by Gasteiger charge is -2.31. The number of nitro benzene ring substituents is 1. The Morgan fingerprint density at radius 2 is 1.93 bits per heavy atom. The minimum absolute atomic E-state index is 0.0299. The van der Waals surface area contributed by atoms with E-state index >= 15 is 0 Å². The smallest absolute Gasteiger partial charge is 0.311 e. The second kappa shape index (κ2) is 9.46. The number of carbonyl (C=O) groups excluding carboxylic acids is 2. The number of ketones is 1. The van der Waals surface area contributed by atoms with Gasteiger partial charge in [0.1, 0.15) is 12.7 Å². The quantitative estimate of drug-likeness (QED) is 0.405. The standard InChI is InChI=1S/C21H27NO8/c1-12(2)29-17-10-14(18(23)13-8-6-7-9-15(13)22(26)27)19(24)16(30-17)11-28-20(25)21(3,4)5/h6-10,12,16-18,23H,11H2,1-5H3/t16-,17+,18-/m1/s1. The Labute approximate surface area is 174 Å². The normalized spacial score (nSPS) is 20.6. The predicted molar refractivity (Wildman–Crippen MR) is 106 cm³/mol. The van der Waals surface area contributed by atoms with Crippen molar-refractivity contribution in [1.82, 2.24) is 0 Å². The lowest BCUT2D eigenvalue weighted by Crippen LogP contribution is -2.42. The van der Waals surface area contributed by atoms with Gasteiger partial charge in [0.25, 0.3) is 5.69 Å². The summed E-state index contributed by atoms with van der Waals surface area (Å²) in [6.45, 7) is 8.18. The Bertz CT molecular complexity index is 840. The first-order valence-corrected chi connectivity index (χ1v) is 9.57. The molecule has 1 aromatic rings. The molecule has 0 aliphatic carbocycles.